The lowest BCUT2D eigenvalue weighted by Crippen LogP contribution is -2.49. The van der Waals surface area contributed by atoms with Crippen molar-refractivity contribution in [2.75, 3.05) is 56.4 Å². The van der Waals surface area contributed by atoms with Crippen molar-refractivity contribution in [3.8, 4) is 0 Å². The van der Waals surface area contributed by atoms with Crippen molar-refractivity contribution in [1.82, 2.24) is 9.80 Å². The maximum Gasteiger partial charge on any atom is 0.490 e. The second-order valence-electron chi connectivity index (χ2n) is 8.45. The number of hydrogen-bond donors (Lipinski definition) is 3. The quantitative estimate of drug-likeness (QED) is 0.440. The fourth-order valence-corrected chi connectivity index (χ4v) is 4.51. The van der Waals surface area contributed by atoms with Gasteiger partial charge in [-0.1, -0.05) is 11.6 Å². The second-order valence-corrected chi connectivity index (χ2v) is 10.6. The number of amides is 1. The van der Waals surface area contributed by atoms with Crippen molar-refractivity contribution in [2.24, 2.45) is 0 Å². The number of halogens is 4. The normalized spacial score (nSPS) is 14.2. The minimum absolute atomic E-state index is 0.0218. The zero-order chi connectivity index (χ0) is 29.5. The number of aliphatic carboxylic acids is 1. The van der Waals surface area contributed by atoms with Crippen LogP contribution in [0, 0.1) is 0 Å². The van der Waals surface area contributed by atoms with E-state index in [9.17, 15) is 36.3 Å². The number of carboxylic acid groups (broad SMARTS) is 2. The number of anilines is 2. The molecule has 0 unspecified atom stereocenters. The van der Waals surface area contributed by atoms with Crippen LogP contribution in [-0.4, -0.2) is 99.3 Å². The van der Waals surface area contributed by atoms with Crippen LogP contribution in [-0.2, 0) is 19.6 Å². The fraction of sp³-hybridized carbons (Fsp3) is 0.348. The number of carboxylic acids is 2. The monoisotopic (exact) mass is 594 g/mol. The maximum atomic E-state index is 12.7. The summed E-state index contributed by atoms with van der Waals surface area (Å²) in [4.78, 5) is 38.2. The van der Waals surface area contributed by atoms with E-state index in [4.69, 9.17) is 21.5 Å². The van der Waals surface area contributed by atoms with Crippen molar-refractivity contribution >= 4 is 50.8 Å². The molecule has 2 aromatic rings. The molecule has 0 bridgehead atoms. The summed E-state index contributed by atoms with van der Waals surface area (Å²) in [5.41, 5.74) is 0.507. The van der Waals surface area contributed by atoms with Crippen LogP contribution >= 0.6 is 11.6 Å². The molecule has 0 radical (unpaired) electrons. The molecule has 11 nitrogen and oxygen atoms in total. The summed E-state index contributed by atoms with van der Waals surface area (Å²) >= 11 is 5.81. The Hall–Kier alpha value is -3.56. The van der Waals surface area contributed by atoms with E-state index in [1.807, 2.05) is 9.80 Å². The number of carbonyl (C=O) groups excluding carboxylic acids is 1. The predicted octanol–water partition coefficient (Wildman–Crippen LogP) is 2.68. The van der Waals surface area contributed by atoms with Gasteiger partial charge in [-0.25, -0.2) is 18.0 Å². The SMILES string of the molecule is CN(C)C(=O)CN1CCN(c2ccc(NS(=O)(=O)c3ccc(Cl)cc3)c(C(=O)O)c2)CC1.O=C(O)C(F)(F)F. The zero-order valence-electron chi connectivity index (χ0n) is 20.8. The Morgan fingerprint density at radius 3 is 2.00 bits per heavy atom. The van der Waals surface area contributed by atoms with Crippen molar-refractivity contribution in [3.63, 3.8) is 0 Å². The number of sulfonamides is 1. The van der Waals surface area contributed by atoms with Crippen molar-refractivity contribution in [3.05, 3.63) is 53.1 Å². The minimum Gasteiger partial charge on any atom is -0.478 e. The van der Waals surface area contributed by atoms with Crippen LogP contribution in [0.15, 0.2) is 47.4 Å². The average molecular weight is 595 g/mol. The molecule has 0 spiro atoms. The summed E-state index contributed by atoms with van der Waals surface area (Å²) in [6.07, 6.45) is -5.08. The molecular formula is C23H26ClF3N4O7S. The zero-order valence-corrected chi connectivity index (χ0v) is 22.3. The first kappa shape index (κ1) is 31.7. The highest BCUT2D eigenvalue weighted by molar-refractivity contribution is 7.92. The molecule has 3 rings (SSSR count). The molecule has 214 valence electrons. The van der Waals surface area contributed by atoms with Gasteiger partial charge in [-0.3, -0.25) is 14.4 Å². The third-order valence-corrected chi connectivity index (χ3v) is 7.07. The van der Waals surface area contributed by atoms with Gasteiger partial charge in [0.2, 0.25) is 5.91 Å². The van der Waals surface area contributed by atoms with E-state index in [1.165, 1.54) is 36.4 Å². The van der Waals surface area contributed by atoms with Crippen LogP contribution in [0.3, 0.4) is 0 Å². The Labute approximate surface area is 227 Å². The molecule has 2 aromatic carbocycles. The van der Waals surface area contributed by atoms with Gasteiger partial charge in [0.05, 0.1) is 22.7 Å². The highest BCUT2D eigenvalue weighted by atomic mass is 35.5. The van der Waals surface area contributed by atoms with Crippen molar-refractivity contribution in [2.45, 2.75) is 11.1 Å². The Bertz CT molecular complexity index is 1300. The number of piperazine rings is 1. The Balaban J connectivity index is 0.000000673. The van der Waals surface area contributed by atoms with E-state index in [0.717, 1.165) is 0 Å². The van der Waals surface area contributed by atoms with Crippen molar-refractivity contribution < 1.29 is 46.2 Å². The summed E-state index contributed by atoms with van der Waals surface area (Å²) in [6, 6.07) is 10.2. The van der Waals surface area contributed by atoms with Gasteiger partial charge in [0.25, 0.3) is 10.0 Å². The lowest BCUT2D eigenvalue weighted by Gasteiger charge is -2.36. The summed E-state index contributed by atoms with van der Waals surface area (Å²) in [7, 11) is -0.544. The molecule has 16 heteroatoms. The topological polar surface area (TPSA) is 148 Å². The molecular weight excluding hydrogens is 569 g/mol. The summed E-state index contributed by atoms with van der Waals surface area (Å²) in [6.45, 7) is 2.90. The smallest absolute Gasteiger partial charge is 0.478 e. The Morgan fingerprint density at radius 2 is 1.54 bits per heavy atom. The summed E-state index contributed by atoms with van der Waals surface area (Å²) in [5.74, 6) is -3.97. The van der Waals surface area contributed by atoms with Gasteiger partial charge in [0.1, 0.15) is 0 Å². The van der Waals surface area contributed by atoms with Crippen LogP contribution in [0.1, 0.15) is 10.4 Å². The van der Waals surface area contributed by atoms with Gasteiger partial charge in [-0.05, 0) is 42.5 Å². The number of alkyl halides is 3. The summed E-state index contributed by atoms with van der Waals surface area (Å²) in [5, 5.41) is 17.2. The Kier molecular flexibility index (Phi) is 10.5. The largest absolute Gasteiger partial charge is 0.490 e. The lowest BCUT2D eigenvalue weighted by atomic mass is 10.1. The van der Waals surface area contributed by atoms with Crippen LogP contribution in [0.4, 0.5) is 24.5 Å². The average Bonchev–Trinajstić information content (AvgIpc) is 2.84. The predicted molar refractivity (Wildman–Crippen MR) is 137 cm³/mol. The van der Waals surface area contributed by atoms with E-state index in [-0.39, 0.29) is 22.1 Å². The molecule has 1 fully saturated rings. The number of nitrogens with zero attached hydrogens (tertiary/aromatic N) is 3. The number of carbonyl (C=O) groups is 3. The molecule has 1 aliphatic heterocycles. The summed E-state index contributed by atoms with van der Waals surface area (Å²) < 4.78 is 59.4. The first-order chi connectivity index (χ1) is 18.0. The first-order valence-corrected chi connectivity index (χ1v) is 13.0. The third-order valence-electron chi connectivity index (χ3n) is 5.44. The van der Waals surface area contributed by atoms with Crippen LogP contribution in [0.25, 0.3) is 0 Å². The van der Waals surface area contributed by atoms with Crippen LogP contribution < -0.4 is 9.62 Å². The van der Waals surface area contributed by atoms with Crippen molar-refractivity contribution in [1.29, 1.82) is 0 Å². The van der Waals surface area contributed by atoms with Gasteiger partial charge in [0.15, 0.2) is 0 Å². The highest BCUT2D eigenvalue weighted by Crippen LogP contribution is 2.27. The maximum absolute atomic E-state index is 12.7. The molecule has 1 aliphatic rings. The van der Waals surface area contributed by atoms with Gasteiger partial charge >= 0.3 is 18.1 Å². The van der Waals surface area contributed by atoms with Gasteiger partial charge < -0.3 is 20.0 Å². The third kappa shape index (κ3) is 9.30. The van der Waals surface area contributed by atoms with E-state index in [0.29, 0.717) is 43.4 Å². The fourth-order valence-electron chi connectivity index (χ4n) is 3.31. The molecule has 0 saturated carbocycles. The molecule has 1 saturated heterocycles. The van der Waals surface area contributed by atoms with Gasteiger partial charge in [-0.2, -0.15) is 13.2 Å². The van der Waals surface area contributed by atoms with E-state index >= 15 is 0 Å². The molecule has 39 heavy (non-hydrogen) atoms. The minimum atomic E-state index is -5.08. The Morgan fingerprint density at radius 1 is 1.00 bits per heavy atom. The molecule has 0 aromatic heterocycles. The molecule has 0 atom stereocenters. The second kappa shape index (κ2) is 13.0. The standard InChI is InChI=1S/C21H25ClN4O5S.C2HF3O2/c1-24(2)20(27)14-25-9-11-26(12-10-25)16-5-8-19(18(13-16)21(28)29)23-32(30,31)17-6-3-15(22)4-7-17;3-2(4,5)1(6)7/h3-8,13,23H,9-12,14H2,1-2H3,(H,28,29);(H,6,7). The van der Waals surface area contributed by atoms with Crippen LogP contribution in [0.2, 0.25) is 5.02 Å². The van der Waals surface area contributed by atoms with Crippen LogP contribution in [0.5, 0.6) is 0 Å². The number of benzene rings is 2. The highest BCUT2D eigenvalue weighted by Gasteiger charge is 2.38. The molecule has 3 N–H and O–H groups in total. The number of aromatic carboxylic acids is 1. The first-order valence-electron chi connectivity index (χ1n) is 11.1. The number of hydrogen-bond acceptors (Lipinski definition) is 7. The van der Waals surface area contributed by atoms with Gasteiger partial charge in [-0.15, -0.1) is 0 Å². The molecule has 1 heterocycles. The number of likely N-dealkylation sites (N-methyl/N-ethyl adjacent to an activating group) is 1. The van der Waals surface area contributed by atoms with E-state index in [2.05, 4.69) is 4.72 Å². The lowest BCUT2D eigenvalue weighted by molar-refractivity contribution is -0.192. The molecule has 0 aliphatic carbocycles. The van der Waals surface area contributed by atoms with E-state index < -0.39 is 28.1 Å². The van der Waals surface area contributed by atoms with E-state index in [1.54, 1.807) is 25.1 Å². The van der Waals surface area contributed by atoms with Gasteiger partial charge in [0, 0.05) is 51.0 Å². The number of rotatable bonds is 7. The molecule has 1 amide bonds. The number of nitrogens with one attached hydrogen (secondary N) is 1.